The zero-order valence-electron chi connectivity index (χ0n) is 84.4. The molecule has 21 unspecified atom stereocenters. The molecule has 0 radical (unpaired) electrons. The first-order valence-electron chi connectivity index (χ1n) is 48.8. The number of benzene rings is 4. The van der Waals surface area contributed by atoms with Crippen LogP contribution in [-0.2, 0) is 43.2 Å². The molecule has 0 spiro atoms. The van der Waals surface area contributed by atoms with E-state index in [1.54, 1.807) is 80.6 Å². The van der Waals surface area contributed by atoms with Crippen LogP contribution in [0, 0.1) is 41.4 Å². The number of carbonyl (C=O) groups excluding carboxylic acids is 9. The fraction of sp³-hybridized carbons (Fsp3) is 0.645. The van der Waals surface area contributed by atoms with Crippen LogP contribution in [0.4, 0.5) is 0 Å². The van der Waals surface area contributed by atoms with Gasteiger partial charge in [-0.2, -0.15) is 0 Å². The van der Waals surface area contributed by atoms with Crippen LogP contribution in [0.25, 0.3) is 21.7 Å². The van der Waals surface area contributed by atoms with Crippen LogP contribution >= 0.6 is 11.6 Å². The van der Waals surface area contributed by atoms with E-state index in [4.69, 9.17) is 25.8 Å². The third-order valence-electron chi connectivity index (χ3n) is 30.1. The number of halogens is 1. The minimum Gasteiger partial charge on any atom is -0.489 e. The lowest BCUT2D eigenvalue weighted by Crippen LogP contribution is -2.40. The highest BCUT2D eigenvalue weighted by Gasteiger charge is 2.44. The van der Waals surface area contributed by atoms with Crippen molar-refractivity contribution in [3.8, 4) is 17.5 Å². The number of para-hydroxylation sites is 1. The van der Waals surface area contributed by atoms with E-state index >= 15 is 0 Å². The topological polar surface area (TPSA) is 249 Å². The zero-order valence-corrected chi connectivity index (χ0v) is 85.2. The molecule has 132 heavy (non-hydrogen) atoms. The van der Waals surface area contributed by atoms with Crippen molar-refractivity contribution in [1.29, 1.82) is 0 Å². The predicted octanol–water partition coefficient (Wildman–Crippen LogP) is 16.7. The first-order chi connectivity index (χ1) is 62.5. The lowest BCUT2D eigenvalue weighted by atomic mass is 9.83. The number of fused-ring (bicyclic) bond motifs is 2. The molecule has 9 saturated heterocycles. The molecule has 0 bridgehead atoms. The van der Waals surface area contributed by atoms with Crippen molar-refractivity contribution >= 4 is 85.3 Å². The Morgan fingerprint density at radius 2 is 0.871 bits per heavy atom. The standard InChI is InChI=1S/C17H19NO2.C15H17N3O2.C13H23NO.C13H17NO.C12H15ClN2O2.2C10H19NO.C9H17NO.C8H15NO/c1-12(19)17-10-16(11-18(17)2)20-15-8-7-13-5-3-4-6-14(13)9-15;1-10(19)14-7-11(8-18(14)2)20-15-12-5-3-4-6-13(12)16-9-17-15;2*1-10(15)12-8-9-13(14(12)2)11-6-4-3-5-7-11;1-8(16)11-5-10(7-15(11)2)17-12-4-3-9(13)6-14-12;1-5-9-6-11(4)10(7(9)2)8(3)12;1-5-9-7(2)6-11(4)10(9)8(3)12;1-6-5-10(4)9(7(6)2)8(3)11;1-6-4-5-8(7(2)10)9(6)3/h3-9,16-17H,10-11H2,1-2H3;3-6,9,11,14H,7-8H2,1-2H3;11-13H,3-9H2,1-2H3;3-7,12-13H,8-9H2,1-2H3;3-4,6,10-11H,5,7H2,1-2H3;2*7,9-10H,5-6H2,1-4H3;6-7,9H,5H2,1-4H3;6,8H,4-5H2,1-3H3. The highest BCUT2D eigenvalue weighted by atomic mass is 35.5. The minimum absolute atomic E-state index is 0.000423. The number of hydrogen-bond donors (Lipinski definition) is 0. The number of pyridine rings is 1. The molecule has 10 aliphatic rings. The second-order valence-corrected chi connectivity index (χ2v) is 40.3. The monoisotopic (exact) mass is 1840 g/mol. The van der Waals surface area contributed by atoms with Crippen LogP contribution in [-0.4, -0.2) is 299 Å². The number of hydrogen-bond acceptors (Lipinski definition) is 24. The van der Waals surface area contributed by atoms with E-state index in [1.807, 2.05) is 93.6 Å². The van der Waals surface area contributed by atoms with Crippen molar-refractivity contribution in [2.45, 2.75) is 304 Å². The molecular formula is C107H161ClN12O12. The SMILES string of the molecule is CC(=O)C1C(C)C(C)CN1C.CC(=O)C1CC(Oc2ccc(Cl)cn2)CN1C.CC(=O)C1CC(Oc2ccc3ccccc3c2)CN1C.CC(=O)C1CC(Oc2ncnc3ccccc23)CN1C.CC(=O)C1CCC(C)N1C.CC(=O)C1CCC(C2CCCCC2)N1C.CC(=O)C1CCC(c2ccccc2)N1C.CCC1C(C)CN(C)C1C(C)=O.CCC1CN(C)C(C(C)=O)C1C. The Balaban J connectivity index is 0.000000185. The number of likely N-dealkylation sites (tertiary alicyclic amines) is 9. The summed E-state index contributed by atoms with van der Waals surface area (Å²) in [6.07, 6.45) is 21.3. The summed E-state index contributed by atoms with van der Waals surface area (Å²) >= 11 is 5.75. The van der Waals surface area contributed by atoms with Crippen LogP contribution in [0.2, 0.25) is 5.02 Å². The normalized spacial score (nSPS) is 29.8. The summed E-state index contributed by atoms with van der Waals surface area (Å²) in [6, 6.07) is 38.8. The van der Waals surface area contributed by atoms with Gasteiger partial charge >= 0.3 is 0 Å². The first kappa shape index (κ1) is 109. The van der Waals surface area contributed by atoms with Gasteiger partial charge in [-0.05, 0) is 272 Å². The molecule has 0 amide bonds. The number of Topliss-reactive ketones (excluding diaryl/α,β-unsaturated/α-hetero) is 9. The number of ketones is 9. The van der Waals surface area contributed by atoms with Crippen molar-refractivity contribution in [3.63, 3.8) is 0 Å². The predicted molar refractivity (Wildman–Crippen MR) is 530 cm³/mol. The molecule has 9 aliphatic heterocycles. The average Bonchev–Trinajstić information content (AvgIpc) is 1.29. The summed E-state index contributed by atoms with van der Waals surface area (Å²) in [5.41, 5.74) is 2.19. The molecule has 16 rings (SSSR count). The van der Waals surface area contributed by atoms with E-state index in [0.717, 1.165) is 107 Å². The van der Waals surface area contributed by atoms with Crippen LogP contribution in [0.3, 0.4) is 0 Å². The molecule has 25 heteroatoms. The number of aromatic nitrogens is 3. The Kier molecular flexibility index (Phi) is 43.3. The van der Waals surface area contributed by atoms with Crippen molar-refractivity contribution in [2.24, 2.45) is 41.4 Å². The minimum atomic E-state index is -0.0481. The van der Waals surface area contributed by atoms with Gasteiger partial charge in [-0.25, -0.2) is 15.0 Å². The largest absolute Gasteiger partial charge is 0.489 e. The fourth-order valence-electron chi connectivity index (χ4n) is 22.7. The Bertz CT molecular complexity index is 4680. The van der Waals surface area contributed by atoms with Gasteiger partial charge in [0.05, 0.1) is 70.3 Å². The summed E-state index contributed by atoms with van der Waals surface area (Å²) in [4.78, 5) is 134. The Morgan fingerprint density at radius 1 is 0.394 bits per heavy atom. The molecule has 24 nitrogen and oxygen atoms in total. The molecule has 6 aromatic rings. The first-order valence-corrected chi connectivity index (χ1v) is 49.2. The van der Waals surface area contributed by atoms with Gasteiger partial charge in [-0.15, -0.1) is 0 Å². The fourth-order valence-corrected chi connectivity index (χ4v) is 22.8. The number of nitrogens with zero attached hydrogens (tertiary/aromatic N) is 12. The van der Waals surface area contributed by atoms with Crippen molar-refractivity contribution < 1.29 is 57.4 Å². The molecule has 21 atom stereocenters. The maximum atomic E-state index is 11.5. The molecule has 11 heterocycles. The molecule has 728 valence electrons. The Labute approximate surface area is 795 Å². The second kappa shape index (κ2) is 52.3. The highest BCUT2D eigenvalue weighted by Crippen LogP contribution is 2.39. The molecule has 2 aromatic heterocycles. The Hall–Kier alpha value is -8.01. The molecule has 0 N–H and O–H groups in total. The van der Waals surface area contributed by atoms with Crippen molar-refractivity contribution in [1.82, 2.24) is 59.1 Å². The van der Waals surface area contributed by atoms with E-state index in [1.165, 1.54) is 74.0 Å². The van der Waals surface area contributed by atoms with Gasteiger partial charge in [0.1, 0.15) is 82.4 Å². The van der Waals surface area contributed by atoms with Gasteiger partial charge in [0.2, 0.25) is 11.8 Å². The average molecular weight is 1840 g/mol. The van der Waals surface area contributed by atoms with Crippen molar-refractivity contribution in [2.75, 3.05) is 103 Å². The summed E-state index contributed by atoms with van der Waals surface area (Å²) in [5.74, 6) is 9.09. The van der Waals surface area contributed by atoms with Crippen LogP contribution < -0.4 is 14.2 Å². The van der Waals surface area contributed by atoms with Crippen LogP contribution in [0.5, 0.6) is 17.5 Å². The smallest absolute Gasteiger partial charge is 0.224 e. The zero-order chi connectivity index (χ0) is 97.2. The van der Waals surface area contributed by atoms with E-state index in [2.05, 4.69) is 174 Å². The number of carbonyl (C=O) groups is 9. The summed E-state index contributed by atoms with van der Waals surface area (Å²) in [7, 11) is 18.2. The van der Waals surface area contributed by atoms with E-state index in [-0.39, 0.29) is 95.8 Å². The lowest BCUT2D eigenvalue weighted by molar-refractivity contribution is -0.122. The van der Waals surface area contributed by atoms with Crippen LogP contribution in [0.15, 0.2) is 122 Å². The highest BCUT2D eigenvalue weighted by molar-refractivity contribution is 6.30. The Morgan fingerprint density at radius 3 is 1.32 bits per heavy atom. The summed E-state index contributed by atoms with van der Waals surface area (Å²) in [5, 5.41) is 3.89. The third kappa shape index (κ3) is 30.5. The van der Waals surface area contributed by atoms with Gasteiger partial charge in [0.25, 0.3) is 0 Å². The van der Waals surface area contributed by atoms with Gasteiger partial charge in [-0.1, -0.05) is 158 Å². The summed E-state index contributed by atoms with van der Waals surface area (Å²) in [6.45, 7) is 36.0. The number of ether oxygens (including phenoxy) is 3. The number of likely N-dealkylation sites (N-methyl/N-ethyl adjacent to an activating group) is 9. The van der Waals surface area contributed by atoms with Crippen molar-refractivity contribution in [3.05, 3.63) is 132 Å². The molecular weight excluding hydrogens is 1680 g/mol. The summed E-state index contributed by atoms with van der Waals surface area (Å²) < 4.78 is 17.8. The molecule has 4 aromatic carbocycles. The molecule has 10 fully saturated rings. The van der Waals surface area contributed by atoms with Crippen LogP contribution in [0.1, 0.15) is 225 Å². The van der Waals surface area contributed by atoms with Gasteiger partial charge in [0.15, 0.2) is 0 Å². The van der Waals surface area contributed by atoms with E-state index < -0.39 is 0 Å². The maximum absolute atomic E-state index is 11.5. The third-order valence-corrected chi connectivity index (χ3v) is 30.4. The molecule has 1 aliphatic carbocycles. The molecule has 1 saturated carbocycles. The van der Waals surface area contributed by atoms with Gasteiger partial charge < -0.3 is 14.2 Å². The van der Waals surface area contributed by atoms with E-state index in [9.17, 15) is 43.2 Å². The maximum Gasteiger partial charge on any atom is 0.224 e. The lowest BCUT2D eigenvalue weighted by Gasteiger charge is -2.33. The van der Waals surface area contributed by atoms with Gasteiger partial charge in [-0.3, -0.25) is 87.3 Å². The second-order valence-electron chi connectivity index (χ2n) is 39.9. The number of rotatable bonds is 19. The quantitative estimate of drug-likeness (QED) is 0.0731. The van der Waals surface area contributed by atoms with Gasteiger partial charge in [0, 0.05) is 88.9 Å². The van der Waals surface area contributed by atoms with E-state index in [0.29, 0.717) is 106 Å².